The molecule has 0 radical (unpaired) electrons. The topological polar surface area (TPSA) is 9.23 Å². The molecule has 0 unspecified atom stereocenters. The third kappa shape index (κ3) is 3.29. The maximum atomic E-state index is 13.9. The van der Waals surface area contributed by atoms with Crippen LogP contribution in [0.3, 0.4) is 0 Å². The summed E-state index contributed by atoms with van der Waals surface area (Å²) in [7, 11) is 0. The molecule has 1 heterocycles. The summed E-state index contributed by atoms with van der Waals surface area (Å²) in [6, 6.07) is 3.50. The van der Waals surface area contributed by atoms with Crippen molar-refractivity contribution in [2.75, 3.05) is 6.61 Å². The van der Waals surface area contributed by atoms with Crippen molar-refractivity contribution in [3.05, 3.63) is 52.8 Å². The molecule has 0 spiro atoms. The summed E-state index contributed by atoms with van der Waals surface area (Å²) >= 11 is 0. The largest absolute Gasteiger partial charge is 0.493 e. The Kier molecular flexibility index (Phi) is 4.17. The van der Waals surface area contributed by atoms with Crippen LogP contribution in [0.15, 0.2) is 30.3 Å². The number of ether oxygens (including phenoxy) is 1. The molecule has 0 N–H and O–H groups in total. The van der Waals surface area contributed by atoms with Crippen LogP contribution in [-0.4, -0.2) is 6.61 Å². The SMILES string of the molecule is Fc1cc2c(c(-c3c(C(F)(F)F)cccc3C(F)(F)F)c1)OCCC2. The van der Waals surface area contributed by atoms with Crippen molar-refractivity contribution in [2.24, 2.45) is 0 Å². The number of halogens is 7. The molecule has 25 heavy (non-hydrogen) atoms. The van der Waals surface area contributed by atoms with E-state index in [-0.39, 0.29) is 17.9 Å². The van der Waals surface area contributed by atoms with Gasteiger partial charge in [0.2, 0.25) is 0 Å². The van der Waals surface area contributed by atoms with Crippen molar-refractivity contribution < 1.29 is 35.5 Å². The van der Waals surface area contributed by atoms with E-state index in [0.717, 1.165) is 6.07 Å². The molecule has 3 rings (SSSR count). The minimum Gasteiger partial charge on any atom is -0.493 e. The standard InChI is InChI=1S/C17H11F7O/c18-10-7-9-3-2-6-25-15(9)11(8-10)14-12(16(19,20)21)4-1-5-13(14)17(22,23)24/h1,4-5,7-8H,2-3,6H2. The maximum absolute atomic E-state index is 13.9. The van der Waals surface area contributed by atoms with Gasteiger partial charge in [-0.1, -0.05) is 6.07 Å². The second-order valence-electron chi connectivity index (χ2n) is 5.62. The quantitative estimate of drug-likeness (QED) is 0.577. The summed E-state index contributed by atoms with van der Waals surface area (Å²) in [5.74, 6) is -1.04. The molecule has 0 aliphatic carbocycles. The van der Waals surface area contributed by atoms with E-state index in [0.29, 0.717) is 37.1 Å². The number of rotatable bonds is 1. The Balaban J connectivity index is 2.39. The zero-order valence-corrected chi connectivity index (χ0v) is 12.6. The van der Waals surface area contributed by atoms with Crippen molar-refractivity contribution in [1.29, 1.82) is 0 Å². The lowest BCUT2D eigenvalue weighted by molar-refractivity contribution is -0.142. The van der Waals surface area contributed by atoms with Crippen LogP contribution in [0.5, 0.6) is 5.75 Å². The minimum atomic E-state index is -5.04. The van der Waals surface area contributed by atoms with E-state index >= 15 is 0 Å². The molecule has 0 saturated heterocycles. The first kappa shape index (κ1) is 17.6. The molecule has 0 saturated carbocycles. The van der Waals surface area contributed by atoms with Crippen LogP contribution in [0.25, 0.3) is 11.1 Å². The van der Waals surface area contributed by atoms with Crippen LogP contribution in [0.2, 0.25) is 0 Å². The van der Waals surface area contributed by atoms with Gasteiger partial charge in [0.25, 0.3) is 0 Å². The Morgan fingerprint density at radius 3 is 2.04 bits per heavy atom. The van der Waals surface area contributed by atoms with Crippen LogP contribution in [0.1, 0.15) is 23.1 Å². The van der Waals surface area contributed by atoms with Crippen LogP contribution >= 0.6 is 0 Å². The Bertz CT molecular complexity index is 774. The van der Waals surface area contributed by atoms with Gasteiger partial charge >= 0.3 is 12.4 Å². The molecule has 0 atom stereocenters. The number of hydrogen-bond donors (Lipinski definition) is 0. The smallest absolute Gasteiger partial charge is 0.417 e. The van der Waals surface area contributed by atoms with Crippen LogP contribution in [0.4, 0.5) is 30.7 Å². The minimum absolute atomic E-state index is 0.130. The molecule has 0 amide bonds. The second-order valence-corrected chi connectivity index (χ2v) is 5.62. The molecular weight excluding hydrogens is 353 g/mol. The highest BCUT2D eigenvalue weighted by molar-refractivity contribution is 5.79. The Labute approximate surface area is 138 Å². The second kappa shape index (κ2) is 5.93. The van der Waals surface area contributed by atoms with Gasteiger partial charge in [-0.15, -0.1) is 0 Å². The predicted octanol–water partition coefficient (Wildman–Crippen LogP) is 5.86. The Hall–Kier alpha value is -2.25. The summed E-state index contributed by atoms with van der Waals surface area (Å²) < 4.78 is 99.2. The highest BCUT2D eigenvalue weighted by Crippen LogP contribution is 2.48. The zero-order chi connectivity index (χ0) is 18.4. The number of hydrogen-bond acceptors (Lipinski definition) is 1. The number of alkyl halides is 6. The Morgan fingerprint density at radius 2 is 1.48 bits per heavy atom. The highest BCUT2D eigenvalue weighted by atomic mass is 19.4. The number of benzene rings is 2. The average Bonchev–Trinajstić information content (AvgIpc) is 2.51. The lowest BCUT2D eigenvalue weighted by atomic mass is 9.90. The summed E-state index contributed by atoms with van der Waals surface area (Å²) in [5, 5.41) is 0. The van der Waals surface area contributed by atoms with Gasteiger partial charge in [0.05, 0.1) is 17.7 Å². The first-order chi connectivity index (χ1) is 11.6. The number of aryl methyl sites for hydroxylation is 1. The zero-order valence-electron chi connectivity index (χ0n) is 12.6. The number of fused-ring (bicyclic) bond motifs is 1. The molecule has 0 fully saturated rings. The van der Waals surface area contributed by atoms with E-state index in [1.807, 2.05) is 0 Å². The molecule has 1 nitrogen and oxygen atoms in total. The van der Waals surface area contributed by atoms with Crippen LogP contribution in [0, 0.1) is 5.82 Å². The third-order valence-corrected chi connectivity index (χ3v) is 3.91. The van der Waals surface area contributed by atoms with E-state index < -0.39 is 40.4 Å². The molecule has 0 bridgehead atoms. The monoisotopic (exact) mass is 364 g/mol. The fourth-order valence-corrected chi connectivity index (χ4v) is 2.94. The van der Waals surface area contributed by atoms with E-state index in [1.165, 1.54) is 0 Å². The lowest BCUT2D eigenvalue weighted by Crippen LogP contribution is -2.16. The third-order valence-electron chi connectivity index (χ3n) is 3.91. The summed E-state index contributed by atoms with van der Waals surface area (Å²) in [5.41, 5.74) is -4.35. The van der Waals surface area contributed by atoms with Gasteiger partial charge in [-0.2, -0.15) is 26.3 Å². The first-order valence-corrected chi connectivity index (χ1v) is 7.32. The molecule has 2 aromatic carbocycles. The molecule has 134 valence electrons. The van der Waals surface area contributed by atoms with E-state index in [4.69, 9.17) is 4.74 Å². The first-order valence-electron chi connectivity index (χ1n) is 7.32. The molecule has 1 aliphatic heterocycles. The predicted molar refractivity (Wildman–Crippen MR) is 75.7 cm³/mol. The molecule has 2 aromatic rings. The average molecular weight is 364 g/mol. The fourth-order valence-electron chi connectivity index (χ4n) is 2.94. The molecule has 1 aliphatic rings. The van der Waals surface area contributed by atoms with Crippen molar-refractivity contribution in [1.82, 2.24) is 0 Å². The van der Waals surface area contributed by atoms with Crippen LogP contribution in [-0.2, 0) is 18.8 Å². The van der Waals surface area contributed by atoms with Crippen molar-refractivity contribution >= 4 is 0 Å². The summed E-state index contributed by atoms with van der Waals surface area (Å²) in [6.45, 7) is 0.140. The van der Waals surface area contributed by atoms with Crippen molar-refractivity contribution in [2.45, 2.75) is 25.2 Å². The molecular formula is C17H11F7O. The van der Waals surface area contributed by atoms with E-state index in [2.05, 4.69) is 0 Å². The molecule has 0 aromatic heterocycles. The highest BCUT2D eigenvalue weighted by Gasteiger charge is 2.42. The van der Waals surface area contributed by atoms with Gasteiger partial charge in [-0.3, -0.25) is 0 Å². The normalized spacial score (nSPS) is 14.8. The lowest BCUT2D eigenvalue weighted by Gasteiger charge is -2.24. The van der Waals surface area contributed by atoms with Crippen molar-refractivity contribution in [3.63, 3.8) is 0 Å². The molecule has 8 heteroatoms. The van der Waals surface area contributed by atoms with Gasteiger partial charge in [0, 0.05) is 11.1 Å². The van der Waals surface area contributed by atoms with Gasteiger partial charge in [0.15, 0.2) is 0 Å². The Morgan fingerprint density at radius 1 is 0.880 bits per heavy atom. The maximum Gasteiger partial charge on any atom is 0.417 e. The van der Waals surface area contributed by atoms with Gasteiger partial charge in [-0.25, -0.2) is 4.39 Å². The van der Waals surface area contributed by atoms with E-state index in [9.17, 15) is 30.7 Å². The van der Waals surface area contributed by atoms with Gasteiger partial charge < -0.3 is 4.74 Å². The van der Waals surface area contributed by atoms with Crippen LogP contribution < -0.4 is 4.74 Å². The van der Waals surface area contributed by atoms with Gasteiger partial charge in [-0.05, 0) is 42.7 Å². The summed E-state index contributed by atoms with van der Waals surface area (Å²) in [6.07, 6.45) is -9.26. The van der Waals surface area contributed by atoms with Gasteiger partial charge in [0.1, 0.15) is 11.6 Å². The van der Waals surface area contributed by atoms with E-state index in [1.54, 1.807) is 0 Å². The summed E-state index contributed by atoms with van der Waals surface area (Å²) in [4.78, 5) is 0. The fraction of sp³-hybridized carbons (Fsp3) is 0.294. The van der Waals surface area contributed by atoms with Crippen molar-refractivity contribution in [3.8, 4) is 16.9 Å².